The number of hydrogen-bond acceptors (Lipinski definition) is 2. The van der Waals surface area contributed by atoms with Gasteiger partial charge in [0.05, 0.1) is 5.69 Å². The van der Waals surface area contributed by atoms with Gasteiger partial charge in [-0.05, 0) is 75.1 Å². The van der Waals surface area contributed by atoms with Crippen molar-refractivity contribution in [1.29, 1.82) is 0 Å². The number of benzene rings is 7. The van der Waals surface area contributed by atoms with Crippen LogP contribution in [0.2, 0.25) is 0 Å². The maximum Gasteiger partial charge on any atom is 0.333 e. The molecule has 0 bridgehead atoms. The Balaban J connectivity index is 1.32. The van der Waals surface area contributed by atoms with E-state index in [1.165, 1.54) is 83.9 Å². The first-order valence-corrected chi connectivity index (χ1v) is 15.7. The van der Waals surface area contributed by atoms with Crippen molar-refractivity contribution in [3.05, 3.63) is 164 Å². The smallest absolute Gasteiger partial charge is 0.333 e. The minimum absolute atomic E-state index is 0.0764. The summed E-state index contributed by atoms with van der Waals surface area (Å²) in [7, 11) is 0. The molecular formula is C42H27BN2. The summed E-state index contributed by atoms with van der Waals surface area (Å²) in [5, 5.41) is 0. The molecule has 7 aromatic rings. The van der Waals surface area contributed by atoms with Gasteiger partial charge in [0.1, 0.15) is 0 Å². The Hall–Kier alpha value is -5.80. The number of para-hydroxylation sites is 2. The van der Waals surface area contributed by atoms with Crippen LogP contribution in [-0.4, -0.2) is 6.85 Å². The fraction of sp³-hybridized carbons (Fsp3) is 0. The van der Waals surface area contributed by atoms with Crippen LogP contribution in [0.15, 0.2) is 164 Å². The Morgan fingerprint density at radius 2 is 0.822 bits per heavy atom. The molecule has 0 spiro atoms. The monoisotopic (exact) mass is 570 g/mol. The number of hydrogen-bond donors (Lipinski definition) is 0. The first kappa shape index (κ1) is 24.6. The summed E-state index contributed by atoms with van der Waals surface area (Å²) in [6, 6.07) is 60.1. The molecule has 10 rings (SSSR count). The number of fused-ring (bicyclic) bond motifs is 6. The van der Waals surface area contributed by atoms with Gasteiger partial charge in [-0.3, -0.25) is 0 Å². The van der Waals surface area contributed by atoms with Gasteiger partial charge in [-0.25, -0.2) is 0 Å². The van der Waals surface area contributed by atoms with Crippen LogP contribution in [0.1, 0.15) is 0 Å². The summed E-state index contributed by atoms with van der Waals surface area (Å²) in [4.78, 5) is 5.13. The van der Waals surface area contributed by atoms with Crippen LogP contribution in [-0.2, 0) is 0 Å². The molecule has 0 atom stereocenters. The average molecular weight is 571 g/mol. The van der Waals surface area contributed by atoms with E-state index in [1.54, 1.807) is 0 Å². The van der Waals surface area contributed by atoms with Gasteiger partial charge >= 0.3 is 6.85 Å². The molecule has 0 aliphatic carbocycles. The van der Waals surface area contributed by atoms with E-state index in [9.17, 15) is 0 Å². The highest BCUT2D eigenvalue weighted by atomic mass is 15.2. The molecule has 0 amide bonds. The molecule has 2 nitrogen and oxygen atoms in total. The lowest BCUT2D eigenvalue weighted by Crippen LogP contribution is -2.63. The van der Waals surface area contributed by atoms with Gasteiger partial charge < -0.3 is 9.71 Å². The molecule has 0 N–H and O–H groups in total. The van der Waals surface area contributed by atoms with Crippen molar-refractivity contribution in [3.8, 4) is 44.5 Å². The zero-order valence-corrected chi connectivity index (χ0v) is 24.6. The molecule has 0 radical (unpaired) electrons. The minimum atomic E-state index is 0.0764. The van der Waals surface area contributed by atoms with Crippen molar-refractivity contribution < 1.29 is 0 Å². The van der Waals surface area contributed by atoms with Crippen molar-refractivity contribution in [2.24, 2.45) is 0 Å². The highest BCUT2D eigenvalue weighted by Crippen LogP contribution is 2.52. The van der Waals surface area contributed by atoms with Gasteiger partial charge in [0.25, 0.3) is 0 Å². The lowest BCUT2D eigenvalue weighted by molar-refractivity contribution is 1.26. The third-order valence-electron chi connectivity index (χ3n) is 9.79. The van der Waals surface area contributed by atoms with Crippen LogP contribution in [0.4, 0.5) is 28.4 Å². The molecule has 208 valence electrons. The van der Waals surface area contributed by atoms with E-state index in [0.29, 0.717) is 0 Å². The van der Waals surface area contributed by atoms with Gasteiger partial charge in [-0.2, -0.15) is 0 Å². The lowest BCUT2D eigenvalue weighted by Gasteiger charge is -2.49. The van der Waals surface area contributed by atoms with E-state index in [1.807, 2.05) is 0 Å². The van der Waals surface area contributed by atoms with Crippen molar-refractivity contribution in [2.75, 3.05) is 9.71 Å². The second-order valence-electron chi connectivity index (χ2n) is 12.1. The maximum atomic E-state index is 2.61. The van der Waals surface area contributed by atoms with Gasteiger partial charge in [0, 0.05) is 39.4 Å². The highest BCUT2D eigenvalue weighted by Gasteiger charge is 2.48. The average Bonchev–Trinajstić information content (AvgIpc) is 3.12. The first-order chi connectivity index (χ1) is 22.4. The van der Waals surface area contributed by atoms with Crippen molar-refractivity contribution in [2.45, 2.75) is 0 Å². The third-order valence-corrected chi connectivity index (χ3v) is 9.79. The van der Waals surface area contributed by atoms with Crippen molar-refractivity contribution >= 4 is 46.2 Å². The summed E-state index contributed by atoms with van der Waals surface area (Å²) < 4.78 is 0. The van der Waals surface area contributed by atoms with Crippen LogP contribution >= 0.6 is 0 Å². The quantitative estimate of drug-likeness (QED) is 0.195. The third kappa shape index (κ3) is 3.41. The molecule has 3 heteroatoms. The Morgan fingerprint density at radius 3 is 1.53 bits per heavy atom. The van der Waals surface area contributed by atoms with Crippen molar-refractivity contribution in [3.63, 3.8) is 0 Å². The summed E-state index contributed by atoms with van der Waals surface area (Å²) in [5.41, 5.74) is 19.0. The Bertz CT molecular complexity index is 2290. The molecule has 0 fully saturated rings. The molecule has 45 heavy (non-hydrogen) atoms. The van der Waals surface area contributed by atoms with Crippen molar-refractivity contribution in [1.82, 2.24) is 0 Å². The topological polar surface area (TPSA) is 6.48 Å². The van der Waals surface area contributed by atoms with Gasteiger partial charge in [-0.15, -0.1) is 0 Å². The molecular weight excluding hydrogens is 543 g/mol. The predicted octanol–water partition coefficient (Wildman–Crippen LogP) is 9.71. The molecule has 0 aromatic heterocycles. The lowest BCUT2D eigenvalue weighted by atomic mass is 9.41. The summed E-state index contributed by atoms with van der Waals surface area (Å²) >= 11 is 0. The largest absolute Gasteiger partial charge is 0.376 e. The molecule has 0 unspecified atom stereocenters. The second kappa shape index (κ2) is 9.35. The van der Waals surface area contributed by atoms with Crippen LogP contribution in [0.3, 0.4) is 0 Å². The van der Waals surface area contributed by atoms with E-state index in [-0.39, 0.29) is 6.85 Å². The van der Waals surface area contributed by atoms with E-state index in [4.69, 9.17) is 0 Å². The normalized spacial score (nSPS) is 13.2. The summed E-state index contributed by atoms with van der Waals surface area (Å²) in [5.74, 6) is 0. The first-order valence-electron chi connectivity index (χ1n) is 15.7. The molecule has 3 aliphatic rings. The SMILES string of the molecule is c1ccc(-c2ccc3c(c2)-c2cccc4c2B2c5c(cccc5N4c4ccccc4-c4ccccc4)-c4ccccc4N23)cc1. The highest BCUT2D eigenvalue weighted by molar-refractivity contribution is 6.95. The van der Waals surface area contributed by atoms with E-state index in [0.717, 1.165) is 0 Å². The zero-order valence-electron chi connectivity index (χ0n) is 24.6. The van der Waals surface area contributed by atoms with Gasteiger partial charge in [-0.1, -0.05) is 127 Å². The summed E-state index contributed by atoms with van der Waals surface area (Å²) in [6.07, 6.45) is 0. The Kier molecular flexibility index (Phi) is 5.12. The fourth-order valence-electron chi connectivity index (χ4n) is 7.95. The van der Waals surface area contributed by atoms with Crippen LogP contribution in [0.5, 0.6) is 0 Å². The maximum absolute atomic E-state index is 2.61. The second-order valence-corrected chi connectivity index (χ2v) is 12.1. The van der Waals surface area contributed by atoms with E-state index in [2.05, 4.69) is 174 Å². The number of rotatable bonds is 3. The molecule has 3 aliphatic heterocycles. The minimum Gasteiger partial charge on any atom is -0.376 e. The van der Waals surface area contributed by atoms with Crippen LogP contribution < -0.4 is 20.6 Å². The van der Waals surface area contributed by atoms with Crippen LogP contribution in [0, 0.1) is 0 Å². The molecule has 0 saturated carbocycles. The Labute approximate surface area is 263 Å². The fourth-order valence-corrected chi connectivity index (χ4v) is 7.95. The number of anilines is 5. The predicted molar refractivity (Wildman–Crippen MR) is 190 cm³/mol. The van der Waals surface area contributed by atoms with Crippen LogP contribution in [0.25, 0.3) is 44.5 Å². The van der Waals surface area contributed by atoms with E-state index < -0.39 is 0 Å². The van der Waals surface area contributed by atoms with E-state index >= 15 is 0 Å². The molecule has 7 aromatic carbocycles. The zero-order chi connectivity index (χ0) is 29.5. The summed E-state index contributed by atoms with van der Waals surface area (Å²) in [6.45, 7) is 0.0764. The standard InChI is InChI=1S/C42H27BN2/c1-3-13-28(14-4-1)30-25-26-38-35(27-30)34-20-12-24-40-42(34)43-41-33(32-18-8-10-22-37(32)45(38)43)19-11-23-39(41)44(40)36-21-9-7-17-31(36)29-15-5-2-6-16-29/h1-27H. The molecule has 3 heterocycles. The van der Waals surface area contributed by atoms with Gasteiger partial charge in [0.15, 0.2) is 0 Å². The molecule has 0 saturated heterocycles. The Morgan fingerprint density at radius 1 is 0.311 bits per heavy atom. The number of nitrogens with zero attached hydrogens (tertiary/aromatic N) is 2. The van der Waals surface area contributed by atoms with Gasteiger partial charge in [0.2, 0.25) is 0 Å².